The van der Waals surface area contributed by atoms with E-state index >= 15 is 0 Å². The summed E-state index contributed by atoms with van der Waals surface area (Å²) in [4.78, 5) is 0. The number of hydrogen-bond donors (Lipinski definition) is 3. The van der Waals surface area contributed by atoms with Crippen LogP contribution in [-0.2, 0) is 0 Å². The number of nitrogens with two attached hydrogens (primary N) is 1. The van der Waals surface area contributed by atoms with Gasteiger partial charge in [0.15, 0.2) is 0 Å². The van der Waals surface area contributed by atoms with Gasteiger partial charge in [0, 0.05) is 17.3 Å². The fourth-order valence-electron chi connectivity index (χ4n) is 1.18. The van der Waals surface area contributed by atoms with Crippen molar-refractivity contribution in [2.45, 2.75) is 32.4 Å². The Labute approximate surface area is 97.7 Å². The van der Waals surface area contributed by atoms with Crippen LogP contribution in [0.2, 0.25) is 0 Å². The highest BCUT2D eigenvalue weighted by molar-refractivity contribution is 5.46. The van der Waals surface area contributed by atoms with Crippen LogP contribution in [0.25, 0.3) is 0 Å². The standard InChI is InChI=1S/C13H21N3/c1-10(13(3,4)14)15-11(2)16-12-8-6-5-7-9-12/h5-10,15-16H,2,14H2,1,3-4H3. The third-order valence-corrected chi connectivity index (χ3v) is 2.58. The van der Waals surface area contributed by atoms with Crippen LogP contribution >= 0.6 is 0 Å². The fourth-order valence-corrected chi connectivity index (χ4v) is 1.18. The van der Waals surface area contributed by atoms with Gasteiger partial charge in [0.2, 0.25) is 0 Å². The van der Waals surface area contributed by atoms with Crippen LogP contribution in [0.5, 0.6) is 0 Å². The molecule has 0 aromatic heterocycles. The van der Waals surface area contributed by atoms with Crippen molar-refractivity contribution in [1.82, 2.24) is 5.32 Å². The maximum Gasteiger partial charge on any atom is 0.0959 e. The van der Waals surface area contributed by atoms with Gasteiger partial charge in [-0.05, 0) is 32.9 Å². The molecule has 1 aromatic rings. The van der Waals surface area contributed by atoms with Crippen molar-refractivity contribution in [3.63, 3.8) is 0 Å². The molecule has 0 saturated heterocycles. The first-order chi connectivity index (χ1) is 7.39. The molecule has 1 atom stereocenters. The number of benzene rings is 1. The van der Waals surface area contributed by atoms with Crippen molar-refractivity contribution in [3.8, 4) is 0 Å². The molecule has 1 unspecified atom stereocenters. The van der Waals surface area contributed by atoms with Crippen LogP contribution in [0.1, 0.15) is 20.8 Å². The Morgan fingerprint density at radius 1 is 1.31 bits per heavy atom. The van der Waals surface area contributed by atoms with Gasteiger partial charge in [-0.3, -0.25) is 0 Å². The van der Waals surface area contributed by atoms with E-state index in [2.05, 4.69) is 17.2 Å². The summed E-state index contributed by atoms with van der Waals surface area (Å²) >= 11 is 0. The van der Waals surface area contributed by atoms with E-state index in [-0.39, 0.29) is 11.6 Å². The minimum Gasteiger partial charge on any atom is -0.368 e. The largest absolute Gasteiger partial charge is 0.368 e. The van der Waals surface area contributed by atoms with Crippen molar-refractivity contribution in [2.24, 2.45) is 5.73 Å². The molecule has 0 spiro atoms. The Morgan fingerprint density at radius 3 is 2.38 bits per heavy atom. The van der Waals surface area contributed by atoms with Gasteiger partial charge in [-0.25, -0.2) is 0 Å². The lowest BCUT2D eigenvalue weighted by atomic mass is 9.98. The molecule has 0 amide bonds. The van der Waals surface area contributed by atoms with Crippen LogP contribution < -0.4 is 16.4 Å². The SMILES string of the molecule is C=C(Nc1ccccc1)NC(C)C(C)(C)N. The highest BCUT2D eigenvalue weighted by Crippen LogP contribution is 2.09. The summed E-state index contributed by atoms with van der Waals surface area (Å²) in [7, 11) is 0. The summed E-state index contributed by atoms with van der Waals surface area (Å²) in [5, 5.41) is 6.42. The molecule has 0 fully saturated rings. The average Bonchev–Trinajstić information content (AvgIpc) is 2.17. The maximum absolute atomic E-state index is 5.99. The highest BCUT2D eigenvalue weighted by atomic mass is 15.1. The lowest BCUT2D eigenvalue weighted by Crippen LogP contribution is -2.51. The monoisotopic (exact) mass is 219 g/mol. The summed E-state index contributed by atoms with van der Waals surface area (Å²) in [6.45, 7) is 9.94. The summed E-state index contributed by atoms with van der Waals surface area (Å²) in [5.41, 5.74) is 6.73. The lowest BCUT2D eigenvalue weighted by molar-refractivity contribution is 0.388. The van der Waals surface area contributed by atoms with Crippen LogP contribution in [0.3, 0.4) is 0 Å². The molecule has 16 heavy (non-hydrogen) atoms. The molecule has 0 radical (unpaired) electrons. The summed E-state index contributed by atoms with van der Waals surface area (Å²) in [6, 6.07) is 10.1. The third-order valence-electron chi connectivity index (χ3n) is 2.58. The quantitative estimate of drug-likeness (QED) is 0.712. The van der Waals surface area contributed by atoms with Gasteiger partial charge < -0.3 is 16.4 Å². The van der Waals surface area contributed by atoms with Gasteiger partial charge in [-0.15, -0.1) is 0 Å². The second-order valence-corrected chi connectivity index (χ2v) is 4.66. The molecular weight excluding hydrogens is 198 g/mol. The van der Waals surface area contributed by atoms with E-state index in [1.807, 2.05) is 51.1 Å². The van der Waals surface area contributed by atoms with E-state index in [0.29, 0.717) is 0 Å². The van der Waals surface area contributed by atoms with E-state index < -0.39 is 0 Å². The molecule has 0 aliphatic rings. The van der Waals surface area contributed by atoms with E-state index in [1.165, 1.54) is 0 Å². The lowest BCUT2D eigenvalue weighted by Gasteiger charge is -2.29. The summed E-state index contributed by atoms with van der Waals surface area (Å²) in [6.07, 6.45) is 0. The number of hydrogen-bond acceptors (Lipinski definition) is 3. The predicted molar refractivity (Wildman–Crippen MR) is 70.1 cm³/mol. The Morgan fingerprint density at radius 2 is 1.88 bits per heavy atom. The van der Waals surface area contributed by atoms with Gasteiger partial charge in [-0.2, -0.15) is 0 Å². The molecule has 88 valence electrons. The van der Waals surface area contributed by atoms with Crippen LogP contribution in [-0.4, -0.2) is 11.6 Å². The third kappa shape index (κ3) is 3.95. The molecule has 1 rings (SSSR count). The molecule has 4 N–H and O–H groups in total. The van der Waals surface area contributed by atoms with E-state index in [1.54, 1.807) is 0 Å². The molecule has 0 aliphatic carbocycles. The van der Waals surface area contributed by atoms with Gasteiger partial charge in [0.1, 0.15) is 0 Å². The normalized spacial score (nSPS) is 13.0. The molecule has 0 aliphatic heterocycles. The molecule has 3 nitrogen and oxygen atoms in total. The highest BCUT2D eigenvalue weighted by Gasteiger charge is 2.20. The number of anilines is 1. The Kier molecular flexibility index (Phi) is 3.96. The Balaban J connectivity index is 2.49. The van der Waals surface area contributed by atoms with Crippen molar-refractivity contribution in [3.05, 3.63) is 42.7 Å². The second-order valence-electron chi connectivity index (χ2n) is 4.66. The van der Waals surface area contributed by atoms with Gasteiger partial charge in [0.05, 0.1) is 5.82 Å². The first-order valence-electron chi connectivity index (χ1n) is 5.46. The van der Waals surface area contributed by atoms with Crippen LogP contribution in [0.4, 0.5) is 5.69 Å². The molecule has 0 heterocycles. The van der Waals surface area contributed by atoms with Gasteiger partial charge >= 0.3 is 0 Å². The van der Waals surface area contributed by atoms with Gasteiger partial charge in [0.25, 0.3) is 0 Å². The first kappa shape index (κ1) is 12.6. The Bertz CT molecular complexity index is 338. The predicted octanol–water partition coefficient (Wildman–Crippen LogP) is 2.29. The summed E-state index contributed by atoms with van der Waals surface area (Å²) in [5.74, 6) is 0.761. The summed E-state index contributed by atoms with van der Waals surface area (Å²) < 4.78 is 0. The van der Waals surface area contributed by atoms with Gasteiger partial charge in [-0.1, -0.05) is 24.8 Å². The zero-order valence-electron chi connectivity index (χ0n) is 10.2. The zero-order valence-corrected chi connectivity index (χ0v) is 10.2. The molecule has 3 heteroatoms. The molecular formula is C13H21N3. The maximum atomic E-state index is 5.99. The van der Waals surface area contributed by atoms with Crippen LogP contribution in [0.15, 0.2) is 42.7 Å². The number of rotatable bonds is 5. The zero-order chi connectivity index (χ0) is 12.2. The molecule has 0 bridgehead atoms. The van der Waals surface area contributed by atoms with Crippen molar-refractivity contribution in [2.75, 3.05) is 5.32 Å². The second kappa shape index (κ2) is 5.03. The fraction of sp³-hybridized carbons (Fsp3) is 0.385. The topological polar surface area (TPSA) is 50.1 Å². The minimum absolute atomic E-state index is 0.149. The average molecular weight is 219 g/mol. The molecule has 1 aromatic carbocycles. The number of para-hydroxylation sites is 1. The smallest absolute Gasteiger partial charge is 0.0959 e. The van der Waals surface area contributed by atoms with Crippen molar-refractivity contribution >= 4 is 5.69 Å². The van der Waals surface area contributed by atoms with Crippen LogP contribution in [0, 0.1) is 0 Å². The van der Waals surface area contributed by atoms with Crippen molar-refractivity contribution < 1.29 is 0 Å². The number of nitrogens with one attached hydrogen (secondary N) is 2. The Hall–Kier alpha value is -1.48. The van der Waals surface area contributed by atoms with E-state index in [9.17, 15) is 0 Å². The first-order valence-corrected chi connectivity index (χ1v) is 5.46. The molecule has 0 saturated carbocycles. The van der Waals surface area contributed by atoms with Crippen molar-refractivity contribution in [1.29, 1.82) is 0 Å². The minimum atomic E-state index is -0.276. The van der Waals surface area contributed by atoms with E-state index in [0.717, 1.165) is 11.5 Å². The van der Waals surface area contributed by atoms with E-state index in [4.69, 9.17) is 5.73 Å².